The van der Waals surface area contributed by atoms with Crippen molar-refractivity contribution in [3.05, 3.63) is 35.4 Å². The summed E-state index contributed by atoms with van der Waals surface area (Å²) in [5.41, 5.74) is 1.47. The van der Waals surface area contributed by atoms with Crippen molar-refractivity contribution in [1.29, 1.82) is 0 Å². The molecule has 1 fully saturated rings. The van der Waals surface area contributed by atoms with Gasteiger partial charge >= 0.3 is 0 Å². The molecule has 0 spiro atoms. The second-order valence-electron chi connectivity index (χ2n) is 8.71. The van der Waals surface area contributed by atoms with Crippen molar-refractivity contribution in [1.82, 2.24) is 15.5 Å². The summed E-state index contributed by atoms with van der Waals surface area (Å²) < 4.78 is 11.0. The first-order valence-electron chi connectivity index (χ1n) is 10.8. The Kier molecular flexibility index (Phi) is 12.4. The molecule has 1 aliphatic heterocycles. The second kappa shape index (κ2) is 13.9. The molecule has 1 aliphatic rings. The number of nitrogens with one attached hydrogen (secondary N) is 2. The molecule has 8 heteroatoms. The van der Waals surface area contributed by atoms with Crippen LogP contribution >= 0.6 is 24.0 Å². The summed E-state index contributed by atoms with van der Waals surface area (Å²) >= 11 is 0. The quantitative estimate of drug-likeness (QED) is 0.226. The van der Waals surface area contributed by atoms with E-state index in [1.807, 2.05) is 52.1 Å². The highest BCUT2D eigenvalue weighted by Crippen LogP contribution is 2.15. The monoisotopic (exact) mass is 546 g/mol. The summed E-state index contributed by atoms with van der Waals surface area (Å²) in [4.78, 5) is 19.1. The standard InChI is InChI=1S/C23H38N4O3.HI/c1-23(2,3)26-21(28)19-9-6-8-18(16-19)17-25-22(24-4)27-12-10-20(11-13-27)30-15-7-14-29-5;/h6,8-9,16,20H,7,10-15,17H2,1-5H3,(H,24,25)(H,26,28);1H. The summed E-state index contributed by atoms with van der Waals surface area (Å²) in [6, 6.07) is 7.72. The lowest BCUT2D eigenvalue weighted by Crippen LogP contribution is -2.46. The van der Waals surface area contributed by atoms with Crippen molar-refractivity contribution in [3.8, 4) is 0 Å². The maximum absolute atomic E-state index is 12.4. The minimum Gasteiger partial charge on any atom is -0.385 e. The van der Waals surface area contributed by atoms with Crippen molar-refractivity contribution >= 4 is 35.8 Å². The zero-order chi connectivity index (χ0) is 22.0. The number of carbonyl (C=O) groups is 1. The summed E-state index contributed by atoms with van der Waals surface area (Å²) in [5, 5.41) is 6.44. The lowest BCUT2D eigenvalue weighted by Gasteiger charge is -2.34. The molecule has 31 heavy (non-hydrogen) atoms. The number of halogens is 1. The van der Waals surface area contributed by atoms with Gasteiger partial charge < -0.3 is 25.0 Å². The van der Waals surface area contributed by atoms with E-state index >= 15 is 0 Å². The van der Waals surface area contributed by atoms with Crippen LogP contribution in [0.4, 0.5) is 0 Å². The molecule has 0 unspecified atom stereocenters. The van der Waals surface area contributed by atoms with Crippen molar-refractivity contribution < 1.29 is 14.3 Å². The van der Waals surface area contributed by atoms with Gasteiger partial charge in [0.25, 0.3) is 5.91 Å². The molecule has 0 bridgehead atoms. The van der Waals surface area contributed by atoms with Gasteiger partial charge in [-0.05, 0) is 57.7 Å². The number of carbonyl (C=O) groups excluding carboxylic acids is 1. The smallest absolute Gasteiger partial charge is 0.251 e. The highest BCUT2D eigenvalue weighted by atomic mass is 127. The molecule has 0 aliphatic carbocycles. The van der Waals surface area contributed by atoms with Crippen LogP contribution in [0.25, 0.3) is 0 Å². The zero-order valence-electron chi connectivity index (χ0n) is 19.6. The van der Waals surface area contributed by atoms with E-state index < -0.39 is 0 Å². The van der Waals surface area contributed by atoms with E-state index in [9.17, 15) is 4.79 Å². The molecule has 1 heterocycles. The Labute approximate surface area is 204 Å². The van der Waals surface area contributed by atoms with E-state index in [1.54, 1.807) is 7.11 Å². The average Bonchev–Trinajstić information content (AvgIpc) is 2.71. The Bertz CT molecular complexity index is 698. The lowest BCUT2D eigenvalue weighted by molar-refractivity contribution is 0.00989. The van der Waals surface area contributed by atoms with Gasteiger partial charge in [0.2, 0.25) is 0 Å². The lowest BCUT2D eigenvalue weighted by atomic mass is 10.1. The summed E-state index contributed by atoms with van der Waals surface area (Å²) in [6.07, 6.45) is 3.24. The number of rotatable bonds is 8. The second-order valence-corrected chi connectivity index (χ2v) is 8.71. The van der Waals surface area contributed by atoms with Crippen LogP contribution in [0.15, 0.2) is 29.3 Å². The minimum atomic E-state index is -0.257. The fraction of sp³-hybridized carbons (Fsp3) is 0.652. The van der Waals surface area contributed by atoms with E-state index in [4.69, 9.17) is 9.47 Å². The topological polar surface area (TPSA) is 75.2 Å². The highest BCUT2D eigenvalue weighted by molar-refractivity contribution is 14.0. The van der Waals surface area contributed by atoms with E-state index in [-0.39, 0.29) is 35.4 Å². The molecule has 7 nitrogen and oxygen atoms in total. The van der Waals surface area contributed by atoms with Gasteiger partial charge in [-0.1, -0.05) is 12.1 Å². The van der Waals surface area contributed by atoms with Gasteiger partial charge in [0.05, 0.1) is 6.10 Å². The first-order chi connectivity index (χ1) is 14.3. The Morgan fingerprint density at radius 1 is 1.23 bits per heavy atom. The SMILES string of the molecule is CN=C(NCc1cccc(C(=O)NC(C)(C)C)c1)N1CCC(OCCCOC)CC1.I. The number of benzene rings is 1. The minimum absolute atomic E-state index is 0. The first kappa shape index (κ1) is 27.6. The van der Waals surface area contributed by atoms with Gasteiger partial charge in [-0.3, -0.25) is 9.79 Å². The molecule has 0 aromatic heterocycles. The predicted molar refractivity (Wildman–Crippen MR) is 136 cm³/mol. The van der Waals surface area contributed by atoms with Crippen molar-refractivity contribution in [2.45, 2.75) is 58.2 Å². The van der Waals surface area contributed by atoms with Gasteiger partial charge in [-0.15, -0.1) is 24.0 Å². The molecule has 0 atom stereocenters. The largest absolute Gasteiger partial charge is 0.385 e. The molecular formula is C23H39IN4O3. The molecular weight excluding hydrogens is 507 g/mol. The fourth-order valence-corrected chi connectivity index (χ4v) is 3.44. The molecule has 1 aromatic rings. The van der Waals surface area contributed by atoms with Crippen LogP contribution in [0, 0.1) is 0 Å². The summed E-state index contributed by atoms with van der Waals surface area (Å²) in [6.45, 7) is 9.90. The van der Waals surface area contributed by atoms with Gasteiger partial charge in [-0.25, -0.2) is 0 Å². The Balaban J connectivity index is 0.00000480. The number of aliphatic imine (C=N–C) groups is 1. The number of methoxy groups -OCH3 is 1. The van der Waals surface area contributed by atoms with Crippen LogP contribution in [-0.4, -0.2) is 68.9 Å². The number of likely N-dealkylation sites (tertiary alicyclic amines) is 1. The predicted octanol–water partition coefficient (Wildman–Crippen LogP) is 3.43. The summed E-state index contributed by atoms with van der Waals surface area (Å²) in [5.74, 6) is 0.832. The number of ether oxygens (including phenoxy) is 2. The number of piperidine rings is 1. The highest BCUT2D eigenvalue weighted by Gasteiger charge is 2.22. The van der Waals surface area contributed by atoms with E-state index in [2.05, 4.69) is 20.5 Å². The van der Waals surface area contributed by atoms with Crippen LogP contribution in [0.5, 0.6) is 0 Å². The van der Waals surface area contributed by atoms with Crippen LogP contribution in [0.1, 0.15) is 56.0 Å². The van der Waals surface area contributed by atoms with Crippen molar-refractivity contribution in [3.63, 3.8) is 0 Å². The zero-order valence-corrected chi connectivity index (χ0v) is 21.9. The molecule has 0 saturated carbocycles. The molecule has 2 N–H and O–H groups in total. The van der Waals surface area contributed by atoms with Crippen LogP contribution in [0.3, 0.4) is 0 Å². The molecule has 176 valence electrons. The molecule has 2 rings (SSSR count). The van der Waals surface area contributed by atoms with Gasteiger partial charge in [-0.2, -0.15) is 0 Å². The van der Waals surface area contributed by atoms with E-state index in [1.165, 1.54) is 0 Å². The van der Waals surface area contributed by atoms with Gasteiger partial charge in [0.15, 0.2) is 5.96 Å². The normalized spacial score (nSPS) is 15.4. The number of amides is 1. The third kappa shape index (κ3) is 10.2. The molecule has 1 saturated heterocycles. The van der Waals surface area contributed by atoms with Crippen LogP contribution in [0.2, 0.25) is 0 Å². The fourth-order valence-electron chi connectivity index (χ4n) is 3.44. The Morgan fingerprint density at radius 2 is 1.94 bits per heavy atom. The molecule has 1 aromatic carbocycles. The number of hydrogen-bond acceptors (Lipinski definition) is 4. The third-order valence-electron chi connectivity index (χ3n) is 4.93. The molecule has 1 amide bonds. The summed E-state index contributed by atoms with van der Waals surface area (Å²) in [7, 11) is 3.52. The Morgan fingerprint density at radius 3 is 2.55 bits per heavy atom. The molecule has 0 radical (unpaired) electrons. The number of hydrogen-bond donors (Lipinski definition) is 2. The van der Waals surface area contributed by atoms with Gasteiger partial charge in [0, 0.05) is 58.1 Å². The van der Waals surface area contributed by atoms with Crippen LogP contribution < -0.4 is 10.6 Å². The number of guanidine groups is 1. The first-order valence-corrected chi connectivity index (χ1v) is 10.8. The number of nitrogens with zero attached hydrogens (tertiary/aromatic N) is 2. The van der Waals surface area contributed by atoms with Crippen molar-refractivity contribution in [2.75, 3.05) is 40.5 Å². The van der Waals surface area contributed by atoms with E-state index in [0.717, 1.165) is 57.1 Å². The maximum atomic E-state index is 12.4. The van der Waals surface area contributed by atoms with Gasteiger partial charge in [0.1, 0.15) is 0 Å². The Hall–Kier alpha value is -1.39. The van der Waals surface area contributed by atoms with Crippen LogP contribution in [-0.2, 0) is 16.0 Å². The maximum Gasteiger partial charge on any atom is 0.251 e. The third-order valence-corrected chi connectivity index (χ3v) is 4.93. The van der Waals surface area contributed by atoms with E-state index in [0.29, 0.717) is 18.2 Å². The average molecular weight is 546 g/mol. The van der Waals surface area contributed by atoms with Crippen molar-refractivity contribution in [2.24, 2.45) is 4.99 Å².